The number of carbonyl (C=O) groups excluding carboxylic acids is 1. The Hall–Kier alpha value is -2.37. The number of amides is 2. The van der Waals surface area contributed by atoms with Crippen molar-refractivity contribution in [2.45, 2.75) is 39.2 Å². The lowest BCUT2D eigenvalue weighted by atomic mass is 9.82. The molecule has 2 amide bonds. The third-order valence-corrected chi connectivity index (χ3v) is 4.05. The minimum Gasteiger partial charge on any atom is -0.337 e. The average molecular weight is 315 g/mol. The van der Waals surface area contributed by atoms with E-state index >= 15 is 0 Å². The minimum atomic E-state index is -0.206. The molecule has 0 aliphatic rings. The summed E-state index contributed by atoms with van der Waals surface area (Å²) in [4.78, 5) is 12.1. The maximum atomic E-state index is 12.1. The highest BCUT2D eigenvalue weighted by Gasteiger charge is 2.23. The summed E-state index contributed by atoms with van der Waals surface area (Å²) in [5.41, 5.74) is 2.32. The van der Waals surface area contributed by atoms with Crippen molar-refractivity contribution in [3.8, 4) is 0 Å². The number of carbonyl (C=O) groups is 1. The Bertz CT molecular complexity index is 677. The van der Waals surface area contributed by atoms with Gasteiger partial charge < -0.3 is 15.2 Å². The molecule has 6 nitrogen and oxygen atoms in total. The molecule has 1 aromatic heterocycles. The van der Waals surface area contributed by atoms with Crippen molar-refractivity contribution in [1.82, 2.24) is 25.4 Å². The second-order valence-electron chi connectivity index (χ2n) is 6.55. The van der Waals surface area contributed by atoms with Crippen molar-refractivity contribution in [1.29, 1.82) is 0 Å². The number of rotatable bonds is 5. The first-order chi connectivity index (χ1) is 10.8. The van der Waals surface area contributed by atoms with E-state index in [0.717, 1.165) is 5.82 Å². The van der Waals surface area contributed by atoms with Crippen LogP contribution in [0.3, 0.4) is 0 Å². The van der Waals surface area contributed by atoms with Gasteiger partial charge in [-0.2, -0.15) is 0 Å². The summed E-state index contributed by atoms with van der Waals surface area (Å²) in [5, 5.41) is 13.7. The van der Waals surface area contributed by atoms with Crippen molar-refractivity contribution in [2.75, 3.05) is 6.54 Å². The van der Waals surface area contributed by atoms with Crippen LogP contribution in [-0.4, -0.2) is 27.3 Å². The molecule has 0 saturated heterocycles. The fraction of sp³-hybridized carbons (Fsp3) is 0.471. The van der Waals surface area contributed by atoms with E-state index in [9.17, 15) is 4.79 Å². The lowest BCUT2D eigenvalue weighted by Gasteiger charge is -2.27. The van der Waals surface area contributed by atoms with Crippen LogP contribution in [0.2, 0.25) is 0 Å². The molecule has 0 aliphatic carbocycles. The van der Waals surface area contributed by atoms with Gasteiger partial charge >= 0.3 is 6.03 Å². The van der Waals surface area contributed by atoms with Crippen molar-refractivity contribution in [3.05, 3.63) is 47.5 Å². The van der Waals surface area contributed by atoms with E-state index in [-0.39, 0.29) is 17.5 Å². The number of benzene rings is 1. The van der Waals surface area contributed by atoms with Gasteiger partial charge in [0, 0.05) is 19.0 Å². The Morgan fingerprint density at radius 2 is 2.04 bits per heavy atom. The van der Waals surface area contributed by atoms with Crippen molar-refractivity contribution in [2.24, 2.45) is 7.05 Å². The molecule has 0 fully saturated rings. The lowest BCUT2D eigenvalue weighted by Crippen LogP contribution is -2.43. The van der Waals surface area contributed by atoms with Crippen LogP contribution in [0.5, 0.6) is 0 Å². The zero-order valence-corrected chi connectivity index (χ0v) is 14.4. The van der Waals surface area contributed by atoms with Crippen LogP contribution in [0, 0.1) is 6.92 Å². The van der Waals surface area contributed by atoms with Crippen molar-refractivity contribution in [3.63, 3.8) is 0 Å². The topological polar surface area (TPSA) is 71.8 Å². The molecule has 6 heteroatoms. The molecule has 23 heavy (non-hydrogen) atoms. The highest BCUT2D eigenvalue weighted by Crippen LogP contribution is 2.25. The van der Waals surface area contributed by atoms with Crippen LogP contribution < -0.4 is 10.6 Å². The van der Waals surface area contributed by atoms with E-state index in [1.165, 1.54) is 11.1 Å². The fourth-order valence-electron chi connectivity index (χ4n) is 2.73. The molecule has 0 saturated carbocycles. The quantitative estimate of drug-likeness (QED) is 0.890. The molecule has 0 spiro atoms. The van der Waals surface area contributed by atoms with Gasteiger partial charge in [0.15, 0.2) is 5.82 Å². The van der Waals surface area contributed by atoms with Gasteiger partial charge in [-0.05, 0) is 25.0 Å². The van der Waals surface area contributed by atoms with E-state index in [2.05, 4.69) is 53.7 Å². The third kappa shape index (κ3) is 4.09. The molecular weight excluding hydrogens is 290 g/mol. The van der Waals surface area contributed by atoms with E-state index in [1.807, 2.05) is 26.1 Å². The van der Waals surface area contributed by atoms with Crippen LogP contribution in [-0.2, 0) is 12.5 Å². The second kappa shape index (κ2) is 6.81. The van der Waals surface area contributed by atoms with Gasteiger partial charge in [-0.1, -0.05) is 38.1 Å². The molecule has 1 atom stereocenters. The molecule has 2 aromatic rings. The highest BCUT2D eigenvalue weighted by atomic mass is 16.2. The second-order valence-corrected chi connectivity index (χ2v) is 6.55. The number of aromatic nitrogens is 3. The van der Waals surface area contributed by atoms with Gasteiger partial charge in [-0.15, -0.1) is 10.2 Å². The van der Waals surface area contributed by atoms with Crippen LogP contribution in [0.1, 0.15) is 43.8 Å². The van der Waals surface area contributed by atoms with Crippen molar-refractivity contribution >= 4 is 6.03 Å². The number of nitrogens with one attached hydrogen (secondary N) is 2. The Balaban J connectivity index is 1.94. The van der Waals surface area contributed by atoms with Gasteiger partial charge in [0.25, 0.3) is 0 Å². The van der Waals surface area contributed by atoms with Crippen LogP contribution in [0.4, 0.5) is 4.79 Å². The van der Waals surface area contributed by atoms with E-state index < -0.39 is 0 Å². The average Bonchev–Trinajstić information content (AvgIpc) is 2.92. The number of aryl methyl sites for hydroxylation is 2. The SMILES string of the molecule is Cc1ccccc1C(C)(C)CNC(=O)N[C@H](C)c1nncn1C. The molecule has 2 N–H and O–H groups in total. The van der Waals surface area contributed by atoms with E-state index in [1.54, 1.807) is 10.9 Å². The maximum Gasteiger partial charge on any atom is 0.315 e. The number of hydrogen-bond acceptors (Lipinski definition) is 3. The predicted octanol–water partition coefficient (Wildman–Crippen LogP) is 2.46. The molecule has 1 heterocycles. The molecule has 0 aliphatic heterocycles. The maximum absolute atomic E-state index is 12.1. The predicted molar refractivity (Wildman–Crippen MR) is 90.2 cm³/mol. The normalized spacial score (nSPS) is 12.7. The van der Waals surface area contributed by atoms with Crippen LogP contribution in [0.25, 0.3) is 0 Å². The highest BCUT2D eigenvalue weighted by molar-refractivity contribution is 5.74. The Morgan fingerprint density at radius 3 is 2.65 bits per heavy atom. The molecule has 2 rings (SSSR count). The molecule has 0 bridgehead atoms. The first-order valence-corrected chi connectivity index (χ1v) is 7.75. The monoisotopic (exact) mass is 315 g/mol. The van der Waals surface area contributed by atoms with Gasteiger partial charge in [0.1, 0.15) is 6.33 Å². The minimum absolute atomic E-state index is 0.142. The number of nitrogens with zero attached hydrogens (tertiary/aromatic N) is 3. The van der Waals surface area contributed by atoms with E-state index in [4.69, 9.17) is 0 Å². The van der Waals surface area contributed by atoms with Gasteiger partial charge in [0.2, 0.25) is 0 Å². The zero-order valence-electron chi connectivity index (χ0n) is 14.4. The summed E-state index contributed by atoms with van der Waals surface area (Å²) in [6.45, 7) is 8.78. The van der Waals surface area contributed by atoms with Gasteiger partial charge in [-0.25, -0.2) is 4.79 Å². The summed E-state index contributed by atoms with van der Waals surface area (Å²) in [5.74, 6) is 0.721. The Morgan fingerprint density at radius 1 is 1.35 bits per heavy atom. The third-order valence-electron chi connectivity index (χ3n) is 4.05. The first-order valence-electron chi connectivity index (χ1n) is 7.75. The standard InChI is InChI=1S/C17H25N5O/c1-12-8-6-7-9-14(12)17(3,4)10-18-16(23)20-13(2)15-21-19-11-22(15)5/h6-9,11,13H,10H2,1-5H3,(H2,18,20,23)/t13-/m1/s1. The largest absolute Gasteiger partial charge is 0.337 e. The summed E-state index contributed by atoms with van der Waals surface area (Å²) >= 11 is 0. The zero-order chi connectivity index (χ0) is 17.0. The van der Waals surface area contributed by atoms with Gasteiger partial charge in [-0.3, -0.25) is 0 Å². The number of urea groups is 1. The number of hydrogen-bond donors (Lipinski definition) is 2. The summed E-state index contributed by atoms with van der Waals surface area (Å²) < 4.78 is 1.79. The molecule has 0 radical (unpaired) electrons. The smallest absolute Gasteiger partial charge is 0.315 e. The molecule has 0 unspecified atom stereocenters. The Labute approximate surface area is 137 Å². The van der Waals surface area contributed by atoms with E-state index in [0.29, 0.717) is 6.54 Å². The summed E-state index contributed by atoms with van der Waals surface area (Å²) in [7, 11) is 1.85. The van der Waals surface area contributed by atoms with Crippen molar-refractivity contribution < 1.29 is 4.79 Å². The summed E-state index contributed by atoms with van der Waals surface area (Å²) in [6, 6.07) is 7.84. The van der Waals surface area contributed by atoms with Crippen LogP contribution in [0.15, 0.2) is 30.6 Å². The lowest BCUT2D eigenvalue weighted by molar-refractivity contribution is 0.234. The fourth-order valence-corrected chi connectivity index (χ4v) is 2.73. The Kier molecular flexibility index (Phi) is 5.03. The summed E-state index contributed by atoms with van der Waals surface area (Å²) in [6.07, 6.45) is 1.62. The first kappa shape index (κ1) is 17.0. The van der Waals surface area contributed by atoms with Crippen LogP contribution >= 0.6 is 0 Å². The molecule has 1 aromatic carbocycles. The molecular formula is C17H25N5O. The van der Waals surface area contributed by atoms with Gasteiger partial charge in [0.05, 0.1) is 6.04 Å². The molecule has 124 valence electrons.